The number of aromatic nitrogens is 4. The van der Waals surface area contributed by atoms with Crippen LogP contribution < -0.4 is 15.5 Å². The molecule has 0 radical (unpaired) electrons. The number of nitrogens with one attached hydrogen (secondary N) is 2. The second-order valence-corrected chi connectivity index (χ2v) is 8.01. The minimum Gasteiger partial charge on any atom is -0.356 e. The van der Waals surface area contributed by atoms with Crippen molar-refractivity contribution in [3.8, 4) is 5.69 Å². The Balaban J connectivity index is 1.26. The zero-order valence-corrected chi connectivity index (χ0v) is 18.4. The third-order valence-electron chi connectivity index (χ3n) is 5.55. The quantitative estimate of drug-likeness (QED) is 0.458. The first-order valence-corrected chi connectivity index (χ1v) is 11.0. The van der Waals surface area contributed by atoms with Crippen molar-refractivity contribution in [1.82, 2.24) is 19.7 Å². The summed E-state index contributed by atoms with van der Waals surface area (Å²) in [7, 11) is 0. The maximum absolute atomic E-state index is 12.7. The normalized spacial score (nSPS) is 13.2. The van der Waals surface area contributed by atoms with Crippen LogP contribution in [0.3, 0.4) is 0 Å². The van der Waals surface area contributed by atoms with Crippen LogP contribution in [0, 0.1) is 6.92 Å². The lowest BCUT2D eigenvalue weighted by Gasteiger charge is -2.18. The van der Waals surface area contributed by atoms with E-state index in [2.05, 4.69) is 30.6 Å². The van der Waals surface area contributed by atoms with Gasteiger partial charge in [0.1, 0.15) is 17.5 Å². The fourth-order valence-corrected chi connectivity index (χ4v) is 3.92. The van der Waals surface area contributed by atoms with E-state index in [9.17, 15) is 4.79 Å². The van der Waals surface area contributed by atoms with Crippen LogP contribution in [0.2, 0.25) is 0 Å². The Kier molecular flexibility index (Phi) is 5.72. The minimum atomic E-state index is -0.175. The van der Waals surface area contributed by atoms with Gasteiger partial charge < -0.3 is 15.5 Å². The summed E-state index contributed by atoms with van der Waals surface area (Å²) in [5.41, 5.74) is 3.00. The van der Waals surface area contributed by atoms with Gasteiger partial charge in [-0.1, -0.05) is 6.07 Å². The maximum Gasteiger partial charge on any atom is 0.255 e. The lowest BCUT2D eigenvalue weighted by Crippen LogP contribution is -2.19. The Labute approximate surface area is 192 Å². The summed E-state index contributed by atoms with van der Waals surface area (Å²) in [6, 6.07) is 18.8. The van der Waals surface area contributed by atoms with E-state index in [-0.39, 0.29) is 5.91 Å². The highest BCUT2D eigenvalue weighted by atomic mass is 16.1. The molecule has 5 rings (SSSR count). The van der Waals surface area contributed by atoms with Crippen LogP contribution in [0.25, 0.3) is 5.69 Å². The number of rotatable bonds is 6. The predicted molar refractivity (Wildman–Crippen MR) is 129 cm³/mol. The molecule has 0 bridgehead atoms. The molecule has 1 fully saturated rings. The van der Waals surface area contributed by atoms with Crippen molar-refractivity contribution in [2.45, 2.75) is 19.8 Å². The zero-order valence-electron chi connectivity index (χ0n) is 18.4. The van der Waals surface area contributed by atoms with Crippen LogP contribution in [-0.4, -0.2) is 38.7 Å². The fraction of sp³-hybridized carbons (Fsp3) is 0.200. The molecule has 1 aliphatic heterocycles. The van der Waals surface area contributed by atoms with Crippen LogP contribution in [0.1, 0.15) is 29.0 Å². The zero-order chi connectivity index (χ0) is 22.6. The van der Waals surface area contributed by atoms with Gasteiger partial charge in [-0.2, -0.15) is 5.10 Å². The lowest BCUT2D eigenvalue weighted by molar-refractivity contribution is 0.102. The summed E-state index contributed by atoms with van der Waals surface area (Å²) in [6.07, 6.45) is 5.95. The van der Waals surface area contributed by atoms with E-state index in [1.54, 1.807) is 16.9 Å². The molecule has 0 aliphatic carbocycles. The van der Waals surface area contributed by atoms with Gasteiger partial charge in [-0.25, -0.2) is 14.6 Å². The number of hydrogen-bond acceptors (Lipinski definition) is 6. The molecule has 166 valence electrons. The number of benzene rings is 2. The van der Waals surface area contributed by atoms with Crippen molar-refractivity contribution < 1.29 is 4.79 Å². The van der Waals surface area contributed by atoms with E-state index >= 15 is 0 Å². The van der Waals surface area contributed by atoms with Crippen molar-refractivity contribution in [3.63, 3.8) is 0 Å². The highest BCUT2D eigenvalue weighted by Gasteiger charge is 2.15. The van der Waals surface area contributed by atoms with Gasteiger partial charge in [-0.15, -0.1) is 0 Å². The first-order chi connectivity index (χ1) is 16.1. The molecule has 0 spiro atoms. The monoisotopic (exact) mass is 439 g/mol. The number of amides is 1. The molecule has 2 N–H and O–H groups in total. The predicted octanol–water partition coefficient (Wildman–Crippen LogP) is 4.57. The number of hydrogen-bond donors (Lipinski definition) is 2. The first-order valence-electron chi connectivity index (χ1n) is 11.0. The Morgan fingerprint density at radius 3 is 2.48 bits per heavy atom. The van der Waals surface area contributed by atoms with Crippen LogP contribution in [0.5, 0.6) is 0 Å². The van der Waals surface area contributed by atoms with E-state index in [0.717, 1.165) is 41.9 Å². The molecular weight excluding hydrogens is 414 g/mol. The number of nitrogens with zero attached hydrogens (tertiary/aromatic N) is 5. The lowest BCUT2D eigenvalue weighted by atomic mass is 10.2. The molecule has 33 heavy (non-hydrogen) atoms. The number of carbonyl (C=O) groups excluding carboxylic acids is 1. The highest BCUT2D eigenvalue weighted by Crippen LogP contribution is 2.24. The summed E-state index contributed by atoms with van der Waals surface area (Å²) in [5, 5.41) is 10.5. The van der Waals surface area contributed by atoms with E-state index in [1.165, 1.54) is 12.8 Å². The average Bonchev–Trinajstić information content (AvgIpc) is 3.55. The second-order valence-electron chi connectivity index (χ2n) is 8.01. The summed E-state index contributed by atoms with van der Waals surface area (Å²) >= 11 is 0. The van der Waals surface area contributed by atoms with Gasteiger partial charge in [0.05, 0.1) is 5.69 Å². The van der Waals surface area contributed by atoms with E-state index in [0.29, 0.717) is 11.3 Å². The molecule has 2 aromatic heterocycles. The summed E-state index contributed by atoms with van der Waals surface area (Å²) < 4.78 is 1.72. The van der Waals surface area contributed by atoms with E-state index < -0.39 is 0 Å². The van der Waals surface area contributed by atoms with Crippen LogP contribution >= 0.6 is 0 Å². The molecule has 1 saturated heterocycles. The Morgan fingerprint density at radius 2 is 1.73 bits per heavy atom. The molecule has 1 amide bonds. The number of carbonyl (C=O) groups is 1. The molecule has 4 aromatic rings. The van der Waals surface area contributed by atoms with Crippen LogP contribution in [0.4, 0.5) is 23.0 Å². The van der Waals surface area contributed by atoms with E-state index in [4.69, 9.17) is 0 Å². The first kappa shape index (κ1) is 20.7. The van der Waals surface area contributed by atoms with E-state index in [1.807, 2.05) is 67.7 Å². The number of anilines is 4. The third-order valence-corrected chi connectivity index (χ3v) is 5.55. The highest BCUT2D eigenvalue weighted by molar-refractivity contribution is 6.04. The Bertz CT molecular complexity index is 1250. The van der Waals surface area contributed by atoms with Crippen molar-refractivity contribution in [2.24, 2.45) is 0 Å². The standard InChI is InChI=1S/C25H25N7O/c1-18-27-23(17-24(28-18)31-13-2-3-14-31)29-20-8-10-21(11-9-20)30-25(33)19-6-4-7-22(16-19)32-15-5-12-26-32/h4-12,15-17H,2-3,13-14H2,1H3,(H,30,33)(H,27,28,29). The van der Waals surface area contributed by atoms with Crippen molar-refractivity contribution in [2.75, 3.05) is 28.6 Å². The molecule has 0 atom stereocenters. The van der Waals surface area contributed by atoms with Gasteiger partial charge in [0.2, 0.25) is 0 Å². The summed E-state index contributed by atoms with van der Waals surface area (Å²) in [4.78, 5) is 24.1. The minimum absolute atomic E-state index is 0.175. The molecule has 8 nitrogen and oxygen atoms in total. The SMILES string of the molecule is Cc1nc(Nc2ccc(NC(=O)c3cccc(-n4cccn4)c3)cc2)cc(N2CCCC2)n1. The smallest absolute Gasteiger partial charge is 0.255 e. The van der Waals surface area contributed by atoms with Gasteiger partial charge in [0.25, 0.3) is 5.91 Å². The largest absolute Gasteiger partial charge is 0.356 e. The fourth-order valence-electron chi connectivity index (χ4n) is 3.92. The third kappa shape index (κ3) is 4.85. The number of aryl methyl sites for hydroxylation is 1. The van der Waals surface area contributed by atoms with Crippen LogP contribution in [0.15, 0.2) is 73.1 Å². The van der Waals surface area contributed by atoms with Gasteiger partial charge in [0, 0.05) is 48.5 Å². The van der Waals surface area contributed by atoms with Gasteiger partial charge >= 0.3 is 0 Å². The average molecular weight is 440 g/mol. The van der Waals surface area contributed by atoms with Crippen molar-refractivity contribution in [3.05, 3.63) is 84.4 Å². The molecule has 1 aliphatic rings. The molecule has 8 heteroatoms. The van der Waals surface area contributed by atoms with Crippen molar-refractivity contribution >= 4 is 28.9 Å². The molecule has 2 aromatic carbocycles. The molecular formula is C25H25N7O. The Morgan fingerprint density at radius 1 is 0.939 bits per heavy atom. The molecule has 3 heterocycles. The van der Waals surface area contributed by atoms with Crippen molar-refractivity contribution in [1.29, 1.82) is 0 Å². The molecule has 0 saturated carbocycles. The van der Waals surface area contributed by atoms with Gasteiger partial charge in [-0.05, 0) is 68.3 Å². The summed E-state index contributed by atoms with van der Waals surface area (Å²) in [6.45, 7) is 3.98. The topological polar surface area (TPSA) is 88.0 Å². The summed E-state index contributed by atoms with van der Waals surface area (Å²) in [5.74, 6) is 2.29. The Hall–Kier alpha value is -4.20. The maximum atomic E-state index is 12.7. The molecule has 0 unspecified atom stereocenters. The van der Waals surface area contributed by atoms with Crippen LogP contribution in [-0.2, 0) is 0 Å². The van der Waals surface area contributed by atoms with Gasteiger partial charge in [-0.3, -0.25) is 4.79 Å². The second kappa shape index (κ2) is 9.12. The van der Waals surface area contributed by atoms with Gasteiger partial charge in [0.15, 0.2) is 0 Å².